The Morgan fingerprint density at radius 1 is 1.06 bits per heavy atom. The zero-order chi connectivity index (χ0) is 12.6. The van der Waals surface area contributed by atoms with Gasteiger partial charge in [0.25, 0.3) is 0 Å². The second kappa shape index (κ2) is 8.31. The van der Waals surface area contributed by atoms with Gasteiger partial charge < -0.3 is 4.74 Å². The van der Waals surface area contributed by atoms with E-state index in [1.807, 2.05) is 13.8 Å². The Hall–Kier alpha value is -0.860. The molecular weight excluding hydrogens is 204 g/mol. The lowest BCUT2D eigenvalue weighted by molar-refractivity contribution is -0.165. The number of ether oxygens (including phenoxy) is 1. The molecule has 0 N–H and O–H groups in total. The second-order valence-electron chi connectivity index (χ2n) is 4.30. The van der Waals surface area contributed by atoms with Gasteiger partial charge in [0.2, 0.25) is 0 Å². The molecule has 0 radical (unpaired) electrons. The molecule has 3 nitrogen and oxygen atoms in total. The van der Waals surface area contributed by atoms with E-state index in [0.29, 0.717) is 6.42 Å². The molecule has 0 spiro atoms. The SMILES string of the molecule is CCCCC(CC)C(=O)OC(=O)C(C)CC. The van der Waals surface area contributed by atoms with Gasteiger partial charge in [0.05, 0.1) is 11.8 Å². The lowest BCUT2D eigenvalue weighted by atomic mass is 9.99. The van der Waals surface area contributed by atoms with Crippen molar-refractivity contribution in [3.05, 3.63) is 0 Å². The van der Waals surface area contributed by atoms with Crippen LogP contribution in [0.4, 0.5) is 0 Å². The predicted molar refractivity (Wildman–Crippen MR) is 63.9 cm³/mol. The first kappa shape index (κ1) is 15.1. The zero-order valence-electron chi connectivity index (χ0n) is 10.9. The molecule has 0 amide bonds. The molecule has 94 valence electrons. The minimum Gasteiger partial charge on any atom is -0.393 e. The number of carbonyl (C=O) groups excluding carboxylic acids is 2. The van der Waals surface area contributed by atoms with Gasteiger partial charge in [-0.15, -0.1) is 0 Å². The lowest BCUT2D eigenvalue weighted by Gasteiger charge is -2.14. The van der Waals surface area contributed by atoms with Crippen molar-refractivity contribution < 1.29 is 14.3 Å². The second-order valence-corrected chi connectivity index (χ2v) is 4.30. The fourth-order valence-corrected chi connectivity index (χ4v) is 1.39. The Kier molecular flexibility index (Phi) is 7.86. The van der Waals surface area contributed by atoms with Crippen molar-refractivity contribution in [2.75, 3.05) is 0 Å². The molecule has 3 heteroatoms. The van der Waals surface area contributed by atoms with Gasteiger partial charge in [-0.1, -0.05) is 40.5 Å². The standard InChI is InChI=1S/C13H24O3/c1-5-8-9-11(7-3)13(15)16-12(14)10(4)6-2/h10-11H,5-9H2,1-4H3. The highest BCUT2D eigenvalue weighted by Gasteiger charge is 2.22. The highest BCUT2D eigenvalue weighted by Crippen LogP contribution is 2.15. The molecule has 0 fully saturated rings. The first-order valence-electron chi connectivity index (χ1n) is 6.32. The van der Waals surface area contributed by atoms with E-state index < -0.39 is 0 Å². The van der Waals surface area contributed by atoms with Crippen molar-refractivity contribution in [2.24, 2.45) is 11.8 Å². The van der Waals surface area contributed by atoms with E-state index in [1.165, 1.54) is 0 Å². The molecule has 2 atom stereocenters. The maximum absolute atomic E-state index is 11.7. The van der Waals surface area contributed by atoms with E-state index in [-0.39, 0.29) is 23.8 Å². The highest BCUT2D eigenvalue weighted by molar-refractivity contribution is 5.87. The number of unbranched alkanes of at least 4 members (excludes halogenated alkanes) is 1. The highest BCUT2D eigenvalue weighted by atomic mass is 16.6. The van der Waals surface area contributed by atoms with Crippen LogP contribution in [0.1, 0.15) is 59.8 Å². The molecule has 2 unspecified atom stereocenters. The largest absolute Gasteiger partial charge is 0.393 e. The first-order valence-corrected chi connectivity index (χ1v) is 6.32. The molecule has 0 saturated carbocycles. The third-order valence-electron chi connectivity index (χ3n) is 2.95. The van der Waals surface area contributed by atoms with Crippen molar-refractivity contribution >= 4 is 11.9 Å². The van der Waals surface area contributed by atoms with Crippen molar-refractivity contribution in [1.82, 2.24) is 0 Å². The molecule has 0 heterocycles. The van der Waals surface area contributed by atoms with Crippen LogP contribution in [-0.2, 0) is 14.3 Å². The van der Waals surface area contributed by atoms with Gasteiger partial charge in [-0.05, 0) is 19.3 Å². The van der Waals surface area contributed by atoms with Gasteiger partial charge in [0.1, 0.15) is 0 Å². The van der Waals surface area contributed by atoms with Crippen LogP contribution in [0.5, 0.6) is 0 Å². The summed E-state index contributed by atoms with van der Waals surface area (Å²) in [6.07, 6.45) is 4.33. The van der Waals surface area contributed by atoms with Gasteiger partial charge in [-0.2, -0.15) is 0 Å². The number of esters is 2. The van der Waals surface area contributed by atoms with E-state index in [2.05, 4.69) is 6.92 Å². The van der Waals surface area contributed by atoms with E-state index >= 15 is 0 Å². The lowest BCUT2D eigenvalue weighted by Crippen LogP contribution is -2.24. The quantitative estimate of drug-likeness (QED) is 0.496. The van der Waals surface area contributed by atoms with Crippen LogP contribution in [0.15, 0.2) is 0 Å². The molecule has 0 aromatic rings. The van der Waals surface area contributed by atoms with Crippen LogP contribution in [0.3, 0.4) is 0 Å². The summed E-state index contributed by atoms with van der Waals surface area (Å²) in [5.41, 5.74) is 0. The monoisotopic (exact) mass is 228 g/mol. The molecule has 0 bridgehead atoms. The number of hydrogen-bond acceptors (Lipinski definition) is 3. The third kappa shape index (κ3) is 5.29. The van der Waals surface area contributed by atoms with Crippen molar-refractivity contribution in [3.63, 3.8) is 0 Å². The summed E-state index contributed by atoms with van der Waals surface area (Å²) < 4.78 is 4.88. The van der Waals surface area contributed by atoms with Crippen molar-refractivity contribution in [2.45, 2.75) is 59.8 Å². The van der Waals surface area contributed by atoms with Gasteiger partial charge in [-0.25, -0.2) is 0 Å². The molecule has 0 saturated heterocycles. The Morgan fingerprint density at radius 2 is 1.69 bits per heavy atom. The minimum atomic E-state index is -0.387. The van der Waals surface area contributed by atoms with Gasteiger partial charge in [0, 0.05) is 0 Å². The molecule has 0 aromatic heterocycles. The molecule has 16 heavy (non-hydrogen) atoms. The van der Waals surface area contributed by atoms with Gasteiger partial charge >= 0.3 is 11.9 Å². The van der Waals surface area contributed by atoms with Gasteiger partial charge in [0.15, 0.2) is 0 Å². The van der Waals surface area contributed by atoms with Crippen LogP contribution in [0.2, 0.25) is 0 Å². The summed E-state index contributed by atoms with van der Waals surface area (Å²) in [4.78, 5) is 23.1. The summed E-state index contributed by atoms with van der Waals surface area (Å²) in [7, 11) is 0. The van der Waals surface area contributed by atoms with Crippen LogP contribution in [-0.4, -0.2) is 11.9 Å². The summed E-state index contributed by atoms with van der Waals surface area (Å²) >= 11 is 0. The molecule has 0 aliphatic rings. The summed E-state index contributed by atoms with van der Waals surface area (Å²) in [6.45, 7) is 7.73. The fourth-order valence-electron chi connectivity index (χ4n) is 1.39. The molecule has 0 aromatic carbocycles. The third-order valence-corrected chi connectivity index (χ3v) is 2.95. The minimum absolute atomic E-state index is 0.118. The average molecular weight is 228 g/mol. The Labute approximate surface area is 98.6 Å². The maximum Gasteiger partial charge on any atom is 0.316 e. The van der Waals surface area contributed by atoms with Crippen LogP contribution in [0.25, 0.3) is 0 Å². The predicted octanol–water partition coefficient (Wildman–Crippen LogP) is 3.32. The smallest absolute Gasteiger partial charge is 0.316 e. The van der Waals surface area contributed by atoms with Crippen LogP contribution >= 0.6 is 0 Å². The topological polar surface area (TPSA) is 43.4 Å². The Balaban J connectivity index is 4.15. The molecular formula is C13H24O3. The summed E-state index contributed by atoms with van der Waals surface area (Å²) in [5.74, 6) is -1.04. The maximum atomic E-state index is 11.7. The summed E-state index contributed by atoms with van der Waals surface area (Å²) in [6, 6.07) is 0. The normalized spacial score (nSPS) is 14.2. The first-order chi connectivity index (χ1) is 7.56. The fraction of sp³-hybridized carbons (Fsp3) is 0.846. The zero-order valence-corrected chi connectivity index (χ0v) is 10.9. The number of hydrogen-bond donors (Lipinski definition) is 0. The van der Waals surface area contributed by atoms with Crippen molar-refractivity contribution in [1.29, 1.82) is 0 Å². The van der Waals surface area contributed by atoms with Crippen molar-refractivity contribution in [3.8, 4) is 0 Å². The molecule has 0 aliphatic heterocycles. The average Bonchev–Trinajstić information content (AvgIpc) is 2.28. The van der Waals surface area contributed by atoms with Gasteiger partial charge in [-0.3, -0.25) is 9.59 Å². The summed E-state index contributed by atoms with van der Waals surface area (Å²) in [5, 5.41) is 0. The molecule has 0 rings (SSSR count). The Morgan fingerprint density at radius 3 is 2.12 bits per heavy atom. The van der Waals surface area contributed by atoms with Crippen LogP contribution in [0, 0.1) is 11.8 Å². The van der Waals surface area contributed by atoms with E-state index in [4.69, 9.17) is 4.74 Å². The van der Waals surface area contributed by atoms with E-state index in [0.717, 1.165) is 25.7 Å². The van der Waals surface area contributed by atoms with E-state index in [9.17, 15) is 9.59 Å². The van der Waals surface area contributed by atoms with E-state index in [1.54, 1.807) is 6.92 Å². The number of rotatable bonds is 7. The molecule has 0 aliphatic carbocycles. The van der Waals surface area contributed by atoms with Crippen LogP contribution < -0.4 is 0 Å². The number of carbonyl (C=O) groups is 2. The Bertz CT molecular complexity index is 223.